The number of nitrogens with one attached hydrogen (secondary N) is 1. The summed E-state index contributed by atoms with van der Waals surface area (Å²) in [5, 5.41) is 31.0. The summed E-state index contributed by atoms with van der Waals surface area (Å²) in [6.45, 7) is 1.77. The van der Waals surface area contributed by atoms with Crippen LogP contribution in [0.2, 0.25) is 0 Å². The highest BCUT2D eigenvalue weighted by atomic mass is 32.1. The number of hydrogen-bond acceptors (Lipinski definition) is 6. The Labute approximate surface area is 96.6 Å². The van der Waals surface area contributed by atoms with Gasteiger partial charge in [-0.3, -0.25) is 0 Å². The number of aliphatic hydroxyl groups excluding tert-OH is 2. The van der Waals surface area contributed by atoms with E-state index in [1.807, 2.05) is 0 Å². The molecule has 0 spiro atoms. The Hall–Kier alpha value is -1.02. The Balaban J connectivity index is 2.88. The molecule has 6 nitrogen and oxygen atoms in total. The Bertz CT molecular complexity index is 380. The summed E-state index contributed by atoms with van der Waals surface area (Å²) in [5.41, 5.74) is 0.350. The molecular formula is C9H14N2O4S. The molecule has 0 aliphatic carbocycles. The van der Waals surface area contributed by atoms with Gasteiger partial charge in [-0.05, 0) is 14.0 Å². The van der Waals surface area contributed by atoms with Crippen molar-refractivity contribution in [3.8, 4) is 0 Å². The van der Waals surface area contributed by atoms with E-state index in [0.29, 0.717) is 5.69 Å². The molecule has 16 heavy (non-hydrogen) atoms. The van der Waals surface area contributed by atoms with Crippen molar-refractivity contribution < 1.29 is 20.1 Å². The van der Waals surface area contributed by atoms with Gasteiger partial charge in [-0.2, -0.15) is 0 Å². The summed E-state index contributed by atoms with van der Waals surface area (Å²) in [7, 11) is 1.64. The van der Waals surface area contributed by atoms with E-state index in [0.717, 1.165) is 11.3 Å². The first-order valence-electron chi connectivity index (χ1n) is 4.68. The molecule has 0 aliphatic rings. The third kappa shape index (κ3) is 2.76. The second-order valence-electron chi connectivity index (χ2n) is 3.34. The number of aryl methyl sites for hydroxylation is 1. The van der Waals surface area contributed by atoms with E-state index in [1.54, 1.807) is 14.0 Å². The predicted octanol–water partition coefficient (Wildman–Crippen LogP) is -0.237. The first-order valence-corrected chi connectivity index (χ1v) is 5.50. The van der Waals surface area contributed by atoms with Crippen LogP contribution in [0.25, 0.3) is 0 Å². The van der Waals surface area contributed by atoms with Crippen LogP contribution in [-0.4, -0.2) is 46.0 Å². The molecule has 1 aromatic heterocycles. The van der Waals surface area contributed by atoms with Crippen molar-refractivity contribution in [2.75, 3.05) is 13.6 Å². The molecule has 1 aromatic rings. The normalized spacial score (nSPS) is 14.8. The number of thiazole rings is 1. The van der Waals surface area contributed by atoms with Crippen molar-refractivity contribution in [2.24, 2.45) is 0 Å². The minimum Gasteiger partial charge on any atom is -0.477 e. The van der Waals surface area contributed by atoms with Crippen LogP contribution in [0.3, 0.4) is 0 Å². The lowest BCUT2D eigenvalue weighted by atomic mass is 10.2. The maximum absolute atomic E-state index is 10.8. The molecule has 2 unspecified atom stereocenters. The van der Waals surface area contributed by atoms with Crippen molar-refractivity contribution in [2.45, 2.75) is 19.1 Å². The fourth-order valence-corrected chi connectivity index (χ4v) is 2.18. The average Bonchev–Trinajstić information content (AvgIpc) is 2.59. The van der Waals surface area contributed by atoms with Crippen molar-refractivity contribution in [1.29, 1.82) is 0 Å². The number of nitrogens with zero attached hydrogens (tertiary/aromatic N) is 1. The molecule has 0 amide bonds. The van der Waals surface area contributed by atoms with Crippen molar-refractivity contribution in [3.05, 3.63) is 15.6 Å². The smallest absolute Gasteiger partial charge is 0.347 e. The zero-order valence-corrected chi connectivity index (χ0v) is 9.78. The molecule has 0 radical (unpaired) electrons. The molecule has 0 aliphatic heterocycles. The highest BCUT2D eigenvalue weighted by Crippen LogP contribution is 2.25. The van der Waals surface area contributed by atoms with Crippen LogP contribution in [0, 0.1) is 6.92 Å². The van der Waals surface area contributed by atoms with Gasteiger partial charge in [-0.25, -0.2) is 9.78 Å². The lowest BCUT2D eigenvalue weighted by Crippen LogP contribution is -2.29. The number of aromatic carboxylic acids is 1. The van der Waals surface area contributed by atoms with E-state index >= 15 is 0 Å². The number of aromatic nitrogens is 1. The summed E-state index contributed by atoms with van der Waals surface area (Å²) in [6, 6.07) is 0. The molecule has 7 heteroatoms. The van der Waals surface area contributed by atoms with Crippen LogP contribution in [0.5, 0.6) is 0 Å². The molecule has 2 atom stereocenters. The lowest BCUT2D eigenvalue weighted by Gasteiger charge is -2.14. The number of aliphatic hydroxyl groups is 2. The molecule has 0 fully saturated rings. The minimum absolute atomic E-state index is 0.0886. The maximum Gasteiger partial charge on any atom is 0.347 e. The molecule has 4 N–H and O–H groups in total. The Morgan fingerprint density at radius 3 is 2.62 bits per heavy atom. The first kappa shape index (κ1) is 13.0. The fraction of sp³-hybridized carbons (Fsp3) is 0.556. The number of carboxylic acids is 1. The van der Waals surface area contributed by atoms with Gasteiger partial charge in [0.25, 0.3) is 0 Å². The Morgan fingerprint density at radius 1 is 1.56 bits per heavy atom. The zero-order valence-electron chi connectivity index (χ0n) is 8.97. The molecule has 1 rings (SSSR count). The maximum atomic E-state index is 10.8. The van der Waals surface area contributed by atoms with Crippen molar-refractivity contribution in [3.63, 3.8) is 0 Å². The zero-order chi connectivity index (χ0) is 12.3. The highest BCUT2D eigenvalue weighted by molar-refractivity contribution is 7.13. The second kappa shape index (κ2) is 5.35. The van der Waals surface area contributed by atoms with Gasteiger partial charge < -0.3 is 20.6 Å². The average molecular weight is 246 g/mol. The van der Waals surface area contributed by atoms with E-state index in [2.05, 4.69) is 10.3 Å². The van der Waals surface area contributed by atoms with Gasteiger partial charge in [0, 0.05) is 6.54 Å². The molecule has 0 bridgehead atoms. The standard InChI is InChI=1S/C9H14N2O4S/c1-4-7(9(14)15)16-8(11-4)6(13)5(12)3-10-2/h5-6,10,12-13H,3H2,1-2H3,(H,14,15). The Kier molecular flexibility index (Phi) is 4.36. The molecule has 1 heterocycles. The van der Waals surface area contributed by atoms with Gasteiger partial charge in [-0.1, -0.05) is 0 Å². The lowest BCUT2D eigenvalue weighted by molar-refractivity contribution is 0.0200. The van der Waals surface area contributed by atoms with Gasteiger partial charge in [-0.15, -0.1) is 11.3 Å². The first-order chi connectivity index (χ1) is 7.47. The van der Waals surface area contributed by atoms with Crippen molar-refractivity contribution in [1.82, 2.24) is 10.3 Å². The number of rotatable bonds is 5. The number of carbonyl (C=O) groups is 1. The largest absolute Gasteiger partial charge is 0.477 e. The van der Waals surface area contributed by atoms with E-state index in [1.165, 1.54) is 0 Å². The fourth-order valence-electron chi connectivity index (χ4n) is 1.23. The van der Waals surface area contributed by atoms with Gasteiger partial charge in [0.15, 0.2) is 0 Å². The Morgan fingerprint density at radius 2 is 2.19 bits per heavy atom. The van der Waals surface area contributed by atoms with Gasteiger partial charge in [0.1, 0.15) is 16.0 Å². The molecular weight excluding hydrogens is 232 g/mol. The molecule has 0 saturated carbocycles. The number of likely N-dealkylation sites (N-methyl/N-ethyl adjacent to an activating group) is 1. The highest BCUT2D eigenvalue weighted by Gasteiger charge is 2.24. The van der Waals surface area contributed by atoms with Gasteiger partial charge >= 0.3 is 5.97 Å². The monoisotopic (exact) mass is 246 g/mol. The topological polar surface area (TPSA) is 103 Å². The molecule has 0 saturated heterocycles. The number of hydrogen-bond donors (Lipinski definition) is 4. The third-order valence-corrected chi connectivity index (χ3v) is 3.25. The van der Waals surface area contributed by atoms with Crippen LogP contribution in [0.4, 0.5) is 0 Å². The van der Waals surface area contributed by atoms with Crippen LogP contribution < -0.4 is 5.32 Å². The number of carboxylic acid groups (broad SMARTS) is 1. The van der Waals surface area contributed by atoms with Crippen LogP contribution in [-0.2, 0) is 0 Å². The van der Waals surface area contributed by atoms with Crippen LogP contribution >= 0.6 is 11.3 Å². The van der Waals surface area contributed by atoms with E-state index in [9.17, 15) is 15.0 Å². The minimum atomic E-state index is -1.16. The summed E-state index contributed by atoms with van der Waals surface area (Å²) in [6.07, 6.45) is -2.17. The molecule has 0 aromatic carbocycles. The van der Waals surface area contributed by atoms with Crippen LogP contribution in [0.1, 0.15) is 26.5 Å². The third-order valence-electron chi connectivity index (χ3n) is 2.04. The second-order valence-corrected chi connectivity index (χ2v) is 4.37. The van der Waals surface area contributed by atoms with E-state index < -0.39 is 18.2 Å². The predicted molar refractivity (Wildman–Crippen MR) is 58.7 cm³/mol. The van der Waals surface area contributed by atoms with E-state index in [4.69, 9.17) is 5.11 Å². The molecule has 90 valence electrons. The van der Waals surface area contributed by atoms with E-state index in [-0.39, 0.29) is 16.4 Å². The van der Waals surface area contributed by atoms with Crippen molar-refractivity contribution >= 4 is 17.3 Å². The summed E-state index contributed by atoms with van der Waals surface area (Å²) in [4.78, 5) is 14.8. The SMILES string of the molecule is CNCC(O)C(O)c1nc(C)c(C(=O)O)s1. The van der Waals surface area contributed by atoms with Gasteiger partial charge in [0.2, 0.25) is 0 Å². The van der Waals surface area contributed by atoms with Gasteiger partial charge in [0.05, 0.1) is 11.8 Å². The van der Waals surface area contributed by atoms with Crippen LogP contribution in [0.15, 0.2) is 0 Å². The quantitative estimate of drug-likeness (QED) is 0.572. The summed E-state index contributed by atoms with van der Waals surface area (Å²) in [5.74, 6) is -1.07. The summed E-state index contributed by atoms with van der Waals surface area (Å²) >= 11 is 0.881. The summed E-state index contributed by atoms with van der Waals surface area (Å²) < 4.78 is 0.